The molecule has 0 aromatic rings. The van der Waals surface area contributed by atoms with Crippen LogP contribution in [0.4, 0.5) is 0 Å². The molecule has 0 amide bonds. The Morgan fingerprint density at radius 1 is 1.16 bits per heavy atom. The van der Waals surface area contributed by atoms with Crippen molar-refractivity contribution in [3.8, 4) is 0 Å². The summed E-state index contributed by atoms with van der Waals surface area (Å²) in [6.07, 6.45) is 11.9. The van der Waals surface area contributed by atoms with Crippen molar-refractivity contribution in [1.29, 1.82) is 0 Å². The summed E-state index contributed by atoms with van der Waals surface area (Å²) in [5, 5.41) is 11.1. The summed E-state index contributed by atoms with van der Waals surface area (Å²) < 4.78 is 0. The van der Waals surface area contributed by atoms with E-state index in [1.807, 2.05) is 27.0 Å². The molecule has 0 spiro atoms. The molecule has 3 aliphatic rings. The first-order valence-electron chi connectivity index (χ1n) is 17.0. The molecule has 1 heterocycles. The first kappa shape index (κ1) is 35.7. The molecule has 7 atom stereocenters. The van der Waals surface area contributed by atoms with Crippen LogP contribution in [0, 0.1) is 35.0 Å². The Labute approximate surface area is 268 Å². The predicted octanol–water partition coefficient (Wildman–Crippen LogP) is 9.03. The molecule has 1 aliphatic heterocycles. The average Bonchev–Trinajstić information content (AvgIpc) is 3.26. The van der Waals surface area contributed by atoms with E-state index in [4.69, 9.17) is 4.99 Å². The second-order valence-electron chi connectivity index (χ2n) is 13.9. The maximum atomic E-state index is 13.4. The van der Waals surface area contributed by atoms with Crippen LogP contribution in [0.3, 0.4) is 0 Å². The molecule has 1 saturated carbocycles. The first-order chi connectivity index (χ1) is 20.8. The average molecular weight is 605 g/mol. The van der Waals surface area contributed by atoms with E-state index in [0.29, 0.717) is 36.5 Å². The number of carbonyl (C=O) groups excluding carboxylic acids is 1. The van der Waals surface area contributed by atoms with Gasteiger partial charge >= 0.3 is 0 Å². The van der Waals surface area contributed by atoms with E-state index in [1.54, 1.807) is 0 Å². The smallest absolute Gasteiger partial charge is 0.181 e. The maximum Gasteiger partial charge on any atom is 0.181 e. The number of aliphatic hydroxyl groups is 1. The lowest BCUT2D eigenvalue weighted by Gasteiger charge is -2.33. The molecule has 0 aromatic carbocycles. The summed E-state index contributed by atoms with van der Waals surface area (Å²) in [6.45, 7) is 30.5. The zero-order valence-electron chi connectivity index (χ0n) is 29.7. The monoisotopic (exact) mass is 604 g/mol. The quantitative estimate of drug-likeness (QED) is 0.159. The number of nitrogens with zero attached hydrogens (tertiary/aromatic N) is 4. The second-order valence-corrected chi connectivity index (χ2v) is 13.9. The number of allylic oxidation sites excluding steroid dienone is 4. The van der Waals surface area contributed by atoms with Crippen LogP contribution < -0.4 is 0 Å². The van der Waals surface area contributed by atoms with Gasteiger partial charge in [-0.15, -0.1) is 0 Å². The van der Waals surface area contributed by atoms with Gasteiger partial charge in [-0.2, -0.15) is 0 Å². The first-order valence-corrected chi connectivity index (χ1v) is 17.0. The molecule has 1 N–H and O–H groups in total. The number of aliphatic imine (C=N–C) groups is 2. The number of aliphatic hydroxyl groups excluding tert-OH is 1. The molecule has 244 valence electrons. The van der Waals surface area contributed by atoms with Gasteiger partial charge in [0.1, 0.15) is 5.82 Å². The SMILES string of the molecule is C=NC1=C(/N=C\C)N(/C=C2/[C@H](C)[C@@]2(C)C(C)C(C)CC(C)C)/C(=C\CC2C(=O)C(CC)=C(C)C2O)N1C(CC)/C(C)=C\CC. The standard InChI is InChI=1S/C38H60N4O2/c1-14-18-24(7)32(16-3)42-33(20-19-30-34(43)26(9)29(15-2)35(30)44)41(37(40-17-4)36(42)39-13)22-31-28(11)38(31,12)27(10)25(8)21-23(5)6/h17-18,20,22-23,25,27-28,30,32,34,43H,13-16,19,21H2,1-12H3/b24-18-,31-22-,33-20+,40-17-/t25?,27?,28-,30?,32?,34?,38+/m0/s1. The van der Waals surface area contributed by atoms with E-state index in [-0.39, 0.29) is 17.2 Å². The molecule has 1 fully saturated rings. The van der Waals surface area contributed by atoms with Crippen molar-refractivity contribution in [2.75, 3.05) is 0 Å². The van der Waals surface area contributed by atoms with Crippen LogP contribution in [0.15, 0.2) is 68.1 Å². The van der Waals surface area contributed by atoms with Gasteiger partial charge in [0.2, 0.25) is 0 Å². The van der Waals surface area contributed by atoms with Gasteiger partial charge in [0.15, 0.2) is 17.4 Å². The fourth-order valence-electron chi connectivity index (χ4n) is 7.97. The highest BCUT2D eigenvalue weighted by molar-refractivity contribution is 6.01. The van der Waals surface area contributed by atoms with Crippen LogP contribution in [0.1, 0.15) is 115 Å². The summed E-state index contributed by atoms with van der Waals surface area (Å²) in [7, 11) is 0. The fraction of sp³-hybridized carbons (Fsp3) is 0.658. The highest BCUT2D eigenvalue weighted by Gasteiger charge is 2.58. The van der Waals surface area contributed by atoms with Crippen LogP contribution >= 0.6 is 0 Å². The van der Waals surface area contributed by atoms with Crippen molar-refractivity contribution in [3.63, 3.8) is 0 Å². The molecule has 0 radical (unpaired) electrons. The van der Waals surface area contributed by atoms with Crippen LogP contribution in [0.5, 0.6) is 0 Å². The van der Waals surface area contributed by atoms with E-state index in [2.05, 4.69) is 102 Å². The minimum atomic E-state index is -0.757. The molecular weight excluding hydrogens is 544 g/mol. The molecule has 5 unspecified atom stereocenters. The van der Waals surface area contributed by atoms with Gasteiger partial charge in [-0.3, -0.25) is 9.69 Å². The highest BCUT2D eigenvalue weighted by Crippen LogP contribution is 2.65. The molecule has 0 bridgehead atoms. The second kappa shape index (κ2) is 14.6. The van der Waals surface area contributed by atoms with E-state index >= 15 is 0 Å². The van der Waals surface area contributed by atoms with Crippen molar-refractivity contribution in [2.24, 2.45) is 45.0 Å². The fourth-order valence-corrected chi connectivity index (χ4v) is 7.97. The molecule has 0 aromatic heterocycles. The van der Waals surface area contributed by atoms with Crippen LogP contribution in [0.25, 0.3) is 0 Å². The minimum Gasteiger partial charge on any atom is -0.388 e. The van der Waals surface area contributed by atoms with E-state index < -0.39 is 12.0 Å². The zero-order chi connectivity index (χ0) is 33.1. The van der Waals surface area contributed by atoms with E-state index in [1.165, 1.54) is 17.6 Å². The number of Topliss-reactive ketones (excluding diaryl/α,β-unsaturated/α-hetero) is 1. The molecule has 44 heavy (non-hydrogen) atoms. The summed E-state index contributed by atoms with van der Waals surface area (Å²) in [5.74, 6) is 4.23. The van der Waals surface area contributed by atoms with Crippen LogP contribution in [-0.2, 0) is 4.79 Å². The van der Waals surface area contributed by atoms with Gasteiger partial charge in [0.25, 0.3) is 0 Å². The number of carbonyl (C=O) groups is 1. The Morgan fingerprint density at radius 2 is 1.82 bits per heavy atom. The van der Waals surface area contributed by atoms with Gasteiger partial charge in [0.05, 0.1) is 18.1 Å². The van der Waals surface area contributed by atoms with Crippen LogP contribution in [-0.4, -0.2) is 45.8 Å². The van der Waals surface area contributed by atoms with E-state index in [9.17, 15) is 9.90 Å². The molecular formula is C38H60N4O2. The van der Waals surface area contributed by atoms with Crippen molar-refractivity contribution in [1.82, 2.24) is 9.80 Å². The van der Waals surface area contributed by atoms with Crippen molar-refractivity contribution in [3.05, 3.63) is 58.1 Å². The molecule has 3 rings (SSSR count). The highest BCUT2D eigenvalue weighted by atomic mass is 16.3. The van der Waals surface area contributed by atoms with Crippen molar-refractivity contribution >= 4 is 18.7 Å². The van der Waals surface area contributed by atoms with Gasteiger partial charge in [0, 0.05) is 12.4 Å². The Bertz CT molecular complexity index is 1280. The summed E-state index contributed by atoms with van der Waals surface area (Å²) in [4.78, 5) is 27.3. The predicted molar refractivity (Wildman–Crippen MR) is 186 cm³/mol. The largest absolute Gasteiger partial charge is 0.388 e. The van der Waals surface area contributed by atoms with Crippen molar-refractivity contribution < 1.29 is 9.90 Å². The molecule has 0 saturated heterocycles. The lowest BCUT2D eigenvalue weighted by Crippen LogP contribution is -2.34. The van der Waals surface area contributed by atoms with Crippen molar-refractivity contribution in [2.45, 2.75) is 127 Å². The summed E-state index contributed by atoms with van der Waals surface area (Å²) in [6, 6.07) is 0.0513. The topological polar surface area (TPSA) is 68.5 Å². The maximum absolute atomic E-state index is 13.4. The normalized spacial score (nSPS) is 30.2. The van der Waals surface area contributed by atoms with Crippen LogP contribution in [0.2, 0.25) is 0 Å². The molecule has 6 heteroatoms. The third-order valence-corrected chi connectivity index (χ3v) is 11.0. The Morgan fingerprint density at radius 3 is 2.32 bits per heavy atom. The van der Waals surface area contributed by atoms with E-state index in [0.717, 1.165) is 41.5 Å². The Hall–Kier alpha value is -2.73. The third-order valence-electron chi connectivity index (χ3n) is 11.0. The summed E-state index contributed by atoms with van der Waals surface area (Å²) >= 11 is 0. The Kier molecular flexibility index (Phi) is 11.8. The number of hydrogen-bond donors (Lipinski definition) is 1. The number of rotatable bonds is 14. The lowest BCUT2D eigenvalue weighted by atomic mass is 9.77. The van der Waals surface area contributed by atoms with Gasteiger partial charge in [-0.05, 0) is 111 Å². The zero-order valence-corrected chi connectivity index (χ0v) is 29.7. The lowest BCUT2D eigenvalue weighted by molar-refractivity contribution is -0.120. The number of ketones is 1. The Balaban J connectivity index is 2.19. The number of hydrogen-bond acceptors (Lipinski definition) is 6. The minimum absolute atomic E-state index is 0.0513. The molecule has 2 aliphatic carbocycles. The van der Waals surface area contributed by atoms with Gasteiger partial charge < -0.3 is 10.0 Å². The van der Waals surface area contributed by atoms with Gasteiger partial charge in [-0.25, -0.2) is 9.98 Å². The third kappa shape index (κ3) is 6.47. The van der Waals surface area contributed by atoms with Gasteiger partial charge in [-0.1, -0.05) is 74.0 Å². The molecule has 6 nitrogen and oxygen atoms in total. The summed E-state index contributed by atoms with van der Waals surface area (Å²) in [5.41, 5.74) is 4.35.